The fourth-order valence-electron chi connectivity index (χ4n) is 1.90. The lowest BCUT2D eigenvalue weighted by Gasteiger charge is -2.19. The van der Waals surface area contributed by atoms with Gasteiger partial charge in [-0.3, -0.25) is 0 Å². The Balaban J connectivity index is 2.18. The highest BCUT2D eigenvalue weighted by Crippen LogP contribution is 2.29. The number of rotatable bonds is 7. The van der Waals surface area contributed by atoms with E-state index in [1.54, 1.807) is 14.2 Å². The zero-order valence-electron chi connectivity index (χ0n) is 11.1. The molecule has 1 aliphatic carbocycles. The predicted octanol–water partition coefficient (Wildman–Crippen LogP) is 1.46. The zero-order valence-corrected chi connectivity index (χ0v) is 11.9. The predicted molar refractivity (Wildman–Crippen MR) is 72.7 cm³/mol. The third-order valence-electron chi connectivity index (χ3n) is 3.10. The Morgan fingerprint density at radius 2 is 2.11 bits per heavy atom. The summed E-state index contributed by atoms with van der Waals surface area (Å²) in [5.74, 6) is 0.698. The summed E-state index contributed by atoms with van der Waals surface area (Å²) in [6.07, 6.45) is 1.49. The Hall–Kier alpha value is -1.11. The molecule has 0 radical (unpaired) electrons. The van der Waals surface area contributed by atoms with E-state index in [1.807, 2.05) is 24.3 Å². The number of nitrogens with one attached hydrogen (secondary N) is 1. The van der Waals surface area contributed by atoms with Crippen LogP contribution in [0.15, 0.2) is 24.3 Å². The van der Waals surface area contributed by atoms with Gasteiger partial charge in [0.15, 0.2) is 0 Å². The Morgan fingerprint density at radius 3 is 2.68 bits per heavy atom. The van der Waals surface area contributed by atoms with Gasteiger partial charge in [-0.2, -0.15) is 0 Å². The van der Waals surface area contributed by atoms with Crippen LogP contribution in [-0.4, -0.2) is 34.5 Å². The SMILES string of the molecule is COCC(NS(=O)(=O)C1CC1)c1cccc(OC)c1. The van der Waals surface area contributed by atoms with Crippen LogP contribution >= 0.6 is 0 Å². The maximum Gasteiger partial charge on any atom is 0.215 e. The molecular formula is C13H19NO4S. The number of ether oxygens (including phenoxy) is 2. The van der Waals surface area contributed by atoms with E-state index in [0.717, 1.165) is 18.4 Å². The summed E-state index contributed by atoms with van der Waals surface area (Å²) in [6, 6.07) is 6.96. The fraction of sp³-hybridized carbons (Fsp3) is 0.538. The van der Waals surface area contributed by atoms with Gasteiger partial charge in [-0.15, -0.1) is 0 Å². The lowest BCUT2D eigenvalue weighted by molar-refractivity contribution is 0.175. The molecule has 0 amide bonds. The minimum Gasteiger partial charge on any atom is -0.497 e. The van der Waals surface area contributed by atoms with E-state index in [9.17, 15) is 8.42 Å². The molecule has 0 saturated heterocycles. The van der Waals surface area contributed by atoms with Crippen molar-refractivity contribution >= 4 is 10.0 Å². The molecule has 6 heteroatoms. The molecule has 1 unspecified atom stereocenters. The van der Waals surface area contributed by atoms with Crippen molar-refractivity contribution in [1.29, 1.82) is 0 Å². The molecule has 106 valence electrons. The highest BCUT2D eigenvalue weighted by molar-refractivity contribution is 7.90. The van der Waals surface area contributed by atoms with Crippen LogP contribution in [0, 0.1) is 0 Å². The lowest BCUT2D eigenvalue weighted by atomic mass is 10.1. The molecule has 0 aliphatic heterocycles. The second-order valence-corrected chi connectivity index (χ2v) is 6.64. The molecule has 5 nitrogen and oxygen atoms in total. The zero-order chi connectivity index (χ0) is 13.9. The van der Waals surface area contributed by atoms with Crippen molar-refractivity contribution in [1.82, 2.24) is 4.72 Å². The summed E-state index contributed by atoms with van der Waals surface area (Å²) in [6.45, 7) is 0.291. The van der Waals surface area contributed by atoms with E-state index in [4.69, 9.17) is 9.47 Å². The second-order valence-electron chi connectivity index (χ2n) is 4.65. The smallest absolute Gasteiger partial charge is 0.215 e. The largest absolute Gasteiger partial charge is 0.497 e. The van der Waals surface area contributed by atoms with Gasteiger partial charge in [-0.05, 0) is 30.5 Å². The van der Waals surface area contributed by atoms with Crippen molar-refractivity contribution in [2.45, 2.75) is 24.1 Å². The van der Waals surface area contributed by atoms with Crippen LogP contribution in [0.3, 0.4) is 0 Å². The molecule has 19 heavy (non-hydrogen) atoms. The van der Waals surface area contributed by atoms with Crippen LogP contribution in [0.5, 0.6) is 5.75 Å². The van der Waals surface area contributed by atoms with Gasteiger partial charge >= 0.3 is 0 Å². The third-order valence-corrected chi connectivity index (χ3v) is 5.06. The van der Waals surface area contributed by atoms with Crippen molar-refractivity contribution in [3.8, 4) is 5.75 Å². The molecule has 1 aliphatic rings. The number of hydrogen-bond acceptors (Lipinski definition) is 4. The van der Waals surface area contributed by atoms with Gasteiger partial charge in [0.05, 0.1) is 25.0 Å². The lowest BCUT2D eigenvalue weighted by Crippen LogP contribution is -2.33. The van der Waals surface area contributed by atoms with Gasteiger partial charge in [0.25, 0.3) is 0 Å². The summed E-state index contributed by atoms with van der Waals surface area (Å²) in [4.78, 5) is 0. The number of hydrogen-bond donors (Lipinski definition) is 1. The molecule has 1 aromatic carbocycles. The quantitative estimate of drug-likeness (QED) is 0.824. The van der Waals surface area contributed by atoms with E-state index in [-0.39, 0.29) is 11.3 Å². The monoisotopic (exact) mass is 285 g/mol. The average Bonchev–Trinajstić information content (AvgIpc) is 3.23. The molecule has 0 bridgehead atoms. The maximum atomic E-state index is 12.0. The Labute approximate surface area is 114 Å². The minimum absolute atomic E-state index is 0.238. The molecule has 1 N–H and O–H groups in total. The molecule has 0 heterocycles. The van der Waals surface area contributed by atoms with E-state index >= 15 is 0 Å². The van der Waals surface area contributed by atoms with Crippen molar-refractivity contribution in [3.05, 3.63) is 29.8 Å². The van der Waals surface area contributed by atoms with Crippen LogP contribution in [0.25, 0.3) is 0 Å². The summed E-state index contributed by atoms with van der Waals surface area (Å²) < 4.78 is 37.0. The first-order valence-electron chi connectivity index (χ1n) is 6.21. The van der Waals surface area contributed by atoms with Crippen LogP contribution < -0.4 is 9.46 Å². The molecule has 1 fully saturated rings. The van der Waals surface area contributed by atoms with Gasteiger partial charge in [-0.1, -0.05) is 12.1 Å². The highest BCUT2D eigenvalue weighted by atomic mass is 32.2. The van der Waals surface area contributed by atoms with Crippen LogP contribution in [0.4, 0.5) is 0 Å². The number of sulfonamides is 1. The third kappa shape index (κ3) is 3.68. The standard InChI is InChI=1S/C13H19NO4S/c1-17-9-13(14-19(15,16)12-6-7-12)10-4-3-5-11(8-10)18-2/h3-5,8,12-14H,6-7,9H2,1-2H3. The molecule has 1 saturated carbocycles. The summed E-state index contributed by atoms with van der Waals surface area (Å²) in [5.41, 5.74) is 0.838. The van der Waals surface area contributed by atoms with Gasteiger partial charge in [0.1, 0.15) is 5.75 Å². The molecular weight excluding hydrogens is 266 g/mol. The van der Waals surface area contributed by atoms with Gasteiger partial charge < -0.3 is 9.47 Å². The Bertz CT molecular complexity index is 525. The molecule has 1 aromatic rings. The topological polar surface area (TPSA) is 64.6 Å². The Morgan fingerprint density at radius 1 is 1.37 bits per heavy atom. The van der Waals surface area contributed by atoms with E-state index in [1.165, 1.54) is 0 Å². The maximum absolute atomic E-state index is 12.0. The summed E-state index contributed by atoms with van der Waals surface area (Å²) in [7, 11) is -0.111. The summed E-state index contributed by atoms with van der Waals surface area (Å²) in [5, 5.41) is -0.238. The average molecular weight is 285 g/mol. The van der Waals surface area contributed by atoms with Crippen LogP contribution in [0.2, 0.25) is 0 Å². The van der Waals surface area contributed by atoms with E-state index in [0.29, 0.717) is 12.4 Å². The molecule has 0 spiro atoms. The minimum atomic E-state index is -3.25. The van der Waals surface area contributed by atoms with Crippen molar-refractivity contribution in [3.63, 3.8) is 0 Å². The fourth-order valence-corrected chi connectivity index (χ4v) is 3.45. The molecule has 1 atom stereocenters. The first-order chi connectivity index (χ1) is 9.06. The summed E-state index contributed by atoms with van der Waals surface area (Å²) >= 11 is 0. The van der Waals surface area contributed by atoms with Gasteiger partial charge in [0.2, 0.25) is 10.0 Å². The van der Waals surface area contributed by atoms with Crippen LogP contribution in [-0.2, 0) is 14.8 Å². The van der Waals surface area contributed by atoms with Crippen molar-refractivity contribution in [2.24, 2.45) is 0 Å². The normalized spacial score (nSPS) is 17.2. The van der Waals surface area contributed by atoms with E-state index < -0.39 is 10.0 Å². The van der Waals surface area contributed by atoms with Crippen molar-refractivity contribution < 1.29 is 17.9 Å². The van der Waals surface area contributed by atoms with E-state index in [2.05, 4.69) is 4.72 Å². The highest BCUT2D eigenvalue weighted by Gasteiger charge is 2.37. The second kappa shape index (κ2) is 5.90. The number of benzene rings is 1. The van der Waals surface area contributed by atoms with Crippen LogP contribution in [0.1, 0.15) is 24.4 Å². The van der Waals surface area contributed by atoms with Crippen molar-refractivity contribution in [2.75, 3.05) is 20.8 Å². The van der Waals surface area contributed by atoms with Gasteiger partial charge in [-0.25, -0.2) is 13.1 Å². The first kappa shape index (κ1) is 14.3. The first-order valence-corrected chi connectivity index (χ1v) is 7.75. The number of methoxy groups -OCH3 is 2. The van der Waals surface area contributed by atoms with Gasteiger partial charge in [0, 0.05) is 7.11 Å². The molecule has 2 rings (SSSR count). The molecule has 0 aromatic heterocycles. The Kier molecular flexibility index (Phi) is 4.44.